The van der Waals surface area contributed by atoms with E-state index in [1.165, 1.54) is 13.0 Å². The molecule has 0 amide bonds. The van der Waals surface area contributed by atoms with Crippen LogP contribution in [0.5, 0.6) is 0 Å². The van der Waals surface area contributed by atoms with Gasteiger partial charge in [-0.3, -0.25) is 4.90 Å². The third-order valence-electron chi connectivity index (χ3n) is 3.74. The first-order valence-electron chi connectivity index (χ1n) is 4.99. The van der Waals surface area contributed by atoms with E-state index in [4.69, 9.17) is 0 Å². The van der Waals surface area contributed by atoms with Crippen molar-refractivity contribution >= 4 is 0 Å². The molecule has 3 heteroatoms. The summed E-state index contributed by atoms with van der Waals surface area (Å²) in [6, 6.07) is 1.45. The molecule has 0 spiro atoms. The predicted molar refractivity (Wildman–Crippen MR) is 45.9 cm³/mol. The molecule has 0 aliphatic carbocycles. The number of nitrogens with zero attached hydrogens (tertiary/aromatic N) is 1. The normalized spacial score (nSPS) is 52.8. The number of rotatable bonds is 0. The molecule has 3 saturated heterocycles. The van der Waals surface area contributed by atoms with Gasteiger partial charge in [-0.05, 0) is 25.3 Å². The van der Waals surface area contributed by atoms with Gasteiger partial charge in [0.15, 0.2) is 0 Å². The molecule has 12 heavy (non-hydrogen) atoms. The average molecular weight is 168 g/mol. The Balaban J connectivity index is 1.80. The number of hydrogen-bond donors (Lipinski definition) is 2. The van der Waals surface area contributed by atoms with Crippen LogP contribution in [-0.2, 0) is 0 Å². The molecule has 0 unspecified atom stereocenters. The lowest BCUT2D eigenvalue weighted by Gasteiger charge is -2.21. The zero-order valence-corrected chi connectivity index (χ0v) is 7.24. The third kappa shape index (κ3) is 0.873. The van der Waals surface area contributed by atoms with Crippen molar-refractivity contribution in [3.63, 3.8) is 0 Å². The largest absolute Gasteiger partial charge is 0.392 e. The summed E-state index contributed by atoms with van der Waals surface area (Å²) in [6.45, 7) is 3.27. The third-order valence-corrected chi connectivity index (χ3v) is 3.74. The highest BCUT2D eigenvalue weighted by Crippen LogP contribution is 2.38. The SMILES string of the molecule is O[C@@H]1C[C@H]2C[C@H]3CNC[C@@H]3N2C1. The standard InChI is InChI=1S/C9H16N2O/c12-8-2-7-1-6-3-10-4-9(6)11(7)5-8/h6-10,12H,1-5H2/t6-,7+,8+,9-/m0/s1. The molecule has 3 aliphatic rings. The van der Waals surface area contributed by atoms with Crippen molar-refractivity contribution in [1.82, 2.24) is 10.2 Å². The van der Waals surface area contributed by atoms with Crippen LogP contribution >= 0.6 is 0 Å². The number of aliphatic hydroxyl groups is 1. The molecule has 0 aromatic rings. The zero-order valence-electron chi connectivity index (χ0n) is 7.24. The van der Waals surface area contributed by atoms with Crippen LogP contribution in [0, 0.1) is 5.92 Å². The smallest absolute Gasteiger partial charge is 0.0682 e. The highest BCUT2D eigenvalue weighted by atomic mass is 16.3. The first-order valence-corrected chi connectivity index (χ1v) is 4.99. The minimum absolute atomic E-state index is 0.0449. The Kier molecular flexibility index (Phi) is 1.48. The number of fused-ring (bicyclic) bond motifs is 3. The molecule has 0 aromatic carbocycles. The van der Waals surface area contributed by atoms with Gasteiger partial charge in [0, 0.05) is 25.2 Å². The van der Waals surface area contributed by atoms with E-state index < -0.39 is 0 Å². The lowest BCUT2D eigenvalue weighted by atomic mass is 10.00. The quantitative estimate of drug-likeness (QED) is 0.507. The molecule has 3 fully saturated rings. The van der Waals surface area contributed by atoms with Crippen molar-refractivity contribution < 1.29 is 5.11 Å². The summed E-state index contributed by atoms with van der Waals surface area (Å²) in [4.78, 5) is 2.52. The van der Waals surface area contributed by atoms with E-state index in [1.54, 1.807) is 0 Å². The first kappa shape index (κ1) is 7.30. The predicted octanol–water partition coefficient (Wildman–Crippen LogP) is -0.587. The van der Waals surface area contributed by atoms with Gasteiger partial charge in [-0.25, -0.2) is 0 Å². The van der Waals surface area contributed by atoms with Crippen LogP contribution in [0.15, 0.2) is 0 Å². The highest BCUT2D eigenvalue weighted by molar-refractivity contribution is 5.03. The Morgan fingerprint density at radius 3 is 3.08 bits per heavy atom. The van der Waals surface area contributed by atoms with Crippen molar-refractivity contribution in [2.24, 2.45) is 5.92 Å². The second-order valence-corrected chi connectivity index (χ2v) is 4.46. The molecule has 68 valence electrons. The van der Waals surface area contributed by atoms with E-state index in [0.717, 1.165) is 31.5 Å². The van der Waals surface area contributed by atoms with Crippen LogP contribution in [0.3, 0.4) is 0 Å². The molecule has 3 rings (SSSR count). The second kappa shape index (κ2) is 2.44. The molecular formula is C9H16N2O. The van der Waals surface area contributed by atoms with Crippen LogP contribution in [0.1, 0.15) is 12.8 Å². The molecule has 3 nitrogen and oxygen atoms in total. The molecular weight excluding hydrogens is 152 g/mol. The Bertz CT molecular complexity index is 197. The van der Waals surface area contributed by atoms with E-state index in [-0.39, 0.29) is 6.10 Å². The van der Waals surface area contributed by atoms with Crippen LogP contribution in [0.4, 0.5) is 0 Å². The van der Waals surface area contributed by atoms with Crippen LogP contribution < -0.4 is 5.32 Å². The second-order valence-electron chi connectivity index (χ2n) is 4.46. The van der Waals surface area contributed by atoms with Crippen LogP contribution in [0.2, 0.25) is 0 Å². The Hall–Kier alpha value is -0.120. The van der Waals surface area contributed by atoms with Crippen molar-refractivity contribution in [3.8, 4) is 0 Å². The number of hydrogen-bond acceptors (Lipinski definition) is 3. The lowest BCUT2D eigenvalue weighted by Crippen LogP contribution is -2.36. The van der Waals surface area contributed by atoms with Gasteiger partial charge >= 0.3 is 0 Å². The summed E-state index contributed by atoms with van der Waals surface area (Å²) in [7, 11) is 0. The summed E-state index contributed by atoms with van der Waals surface area (Å²) in [5.74, 6) is 0.877. The van der Waals surface area contributed by atoms with Gasteiger partial charge in [0.25, 0.3) is 0 Å². The van der Waals surface area contributed by atoms with E-state index in [9.17, 15) is 5.11 Å². The Labute approximate surface area is 72.7 Å². The maximum Gasteiger partial charge on any atom is 0.0682 e. The Morgan fingerprint density at radius 2 is 2.17 bits per heavy atom. The fourth-order valence-electron chi connectivity index (χ4n) is 3.25. The van der Waals surface area contributed by atoms with Crippen molar-refractivity contribution in [2.45, 2.75) is 31.0 Å². The topological polar surface area (TPSA) is 35.5 Å². The minimum Gasteiger partial charge on any atom is -0.392 e. The van der Waals surface area contributed by atoms with Crippen LogP contribution in [-0.4, -0.2) is 47.8 Å². The van der Waals surface area contributed by atoms with E-state index in [2.05, 4.69) is 10.2 Å². The molecule has 0 radical (unpaired) electrons. The highest BCUT2D eigenvalue weighted by Gasteiger charge is 2.47. The van der Waals surface area contributed by atoms with Crippen molar-refractivity contribution in [2.75, 3.05) is 19.6 Å². The molecule has 3 aliphatic heterocycles. The fraction of sp³-hybridized carbons (Fsp3) is 1.00. The number of aliphatic hydroxyl groups excluding tert-OH is 1. The molecule has 0 saturated carbocycles. The molecule has 3 heterocycles. The van der Waals surface area contributed by atoms with E-state index in [0.29, 0.717) is 6.04 Å². The summed E-state index contributed by atoms with van der Waals surface area (Å²) < 4.78 is 0. The monoisotopic (exact) mass is 168 g/mol. The summed E-state index contributed by atoms with van der Waals surface area (Å²) in [6.07, 6.45) is 2.29. The van der Waals surface area contributed by atoms with Gasteiger partial charge in [-0.15, -0.1) is 0 Å². The molecule has 4 atom stereocenters. The van der Waals surface area contributed by atoms with Gasteiger partial charge < -0.3 is 10.4 Å². The maximum atomic E-state index is 9.49. The van der Waals surface area contributed by atoms with Gasteiger partial charge in [0.05, 0.1) is 6.10 Å². The molecule has 0 bridgehead atoms. The van der Waals surface area contributed by atoms with Gasteiger partial charge in [0.1, 0.15) is 0 Å². The maximum absolute atomic E-state index is 9.49. The first-order chi connectivity index (χ1) is 5.84. The Morgan fingerprint density at radius 1 is 1.25 bits per heavy atom. The minimum atomic E-state index is -0.0449. The zero-order chi connectivity index (χ0) is 8.13. The van der Waals surface area contributed by atoms with Crippen molar-refractivity contribution in [1.29, 1.82) is 0 Å². The van der Waals surface area contributed by atoms with Crippen molar-refractivity contribution in [3.05, 3.63) is 0 Å². The van der Waals surface area contributed by atoms with E-state index in [1.807, 2.05) is 0 Å². The summed E-state index contributed by atoms with van der Waals surface area (Å²) in [5, 5.41) is 12.9. The van der Waals surface area contributed by atoms with Gasteiger partial charge in [-0.1, -0.05) is 0 Å². The van der Waals surface area contributed by atoms with Crippen LogP contribution in [0.25, 0.3) is 0 Å². The molecule has 2 N–H and O–H groups in total. The summed E-state index contributed by atoms with van der Waals surface area (Å²) in [5.41, 5.74) is 0. The van der Waals surface area contributed by atoms with E-state index >= 15 is 0 Å². The fourth-order valence-corrected chi connectivity index (χ4v) is 3.25. The van der Waals surface area contributed by atoms with Gasteiger partial charge in [-0.2, -0.15) is 0 Å². The van der Waals surface area contributed by atoms with Gasteiger partial charge in [0.2, 0.25) is 0 Å². The summed E-state index contributed by atoms with van der Waals surface area (Å²) >= 11 is 0. The average Bonchev–Trinajstić information content (AvgIpc) is 2.59. The molecule has 0 aromatic heterocycles. The number of nitrogens with one attached hydrogen (secondary N) is 1. The lowest BCUT2D eigenvalue weighted by molar-refractivity contribution is 0.161.